The van der Waals surface area contributed by atoms with Crippen molar-refractivity contribution in [1.29, 1.82) is 0 Å². The van der Waals surface area contributed by atoms with Crippen LogP contribution in [0.5, 0.6) is 0 Å². The SMILES string of the molecule is CCCCOC(=O)NC(=S)Nc1ccc([N+](=O)[O-])cc1. The predicted octanol–water partition coefficient (Wildman–Crippen LogP) is 2.82. The predicted molar refractivity (Wildman–Crippen MR) is 78.7 cm³/mol. The summed E-state index contributed by atoms with van der Waals surface area (Å²) in [6, 6.07) is 5.66. The van der Waals surface area contributed by atoms with Gasteiger partial charge in [-0.25, -0.2) is 4.79 Å². The number of nitrogens with zero attached hydrogens (tertiary/aromatic N) is 1. The number of carbonyl (C=O) groups is 1. The summed E-state index contributed by atoms with van der Waals surface area (Å²) in [5.41, 5.74) is 0.517. The number of nitrogens with one attached hydrogen (secondary N) is 2. The van der Waals surface area contributed by atoms with Gasteiger partial charge in [0, 0.05) is 17.8 Å². The van der Waals surface area contributed by atoms with Gasteiger partial charge in [0.25, 0.3) is 5.69 Å². The van der Waals surface area contributed by atoms with Crippen molar-refractivity contribution < 1.29 is 14.5 Å². The van der Waals surface area contributed by atoms with Gasteiger partial charge < -0.3 is 10.1 Å². The lowest BCUT2D eigenvalue weighted by Crippen LogP contribution is -2.34. The monoisotopic (exact) mass is 297 g/mol. The summed E-state index contributed by atoms with van der Waals surface area (Å²) >= 11 is 4.92. The molecule has 1 amide bonds. The number of amides is 1. The Morgan fingerprint density at radius 3 is 2.60 bits per heavy atom. The quantitative estimate of drug-likeness (QED) is 0.376. The Morgan fingerprint density at radius 2 is 2.05 bits per heavy atom. The fourth-order valence-corrected chi connectivity index (χ4v) is 1.47. The number of carbonyl (C=O) groups excluding carboxylic acids is 1. The first-order valence-electron chi connectivity index (χ1n) is 6.02. The third kappa shape index (κ3) is 5.61. The Morgan fingerprint density at radius 1 is 1.40 bits per heavy atom. The molecule has 1 aromatic rings. The minimum Gasteiger partial charge on any atom is -0.449 e. The molecule has 0 aliphatic carbocycles. The van der Waals surface area contributed by atoms with Crippen molar-refractivity contribution in [2.75, 3.05) is 11.9 Å². The molecule has 1 aromatic carbocycles. The van der Waals surface area contributed by atoms with Crippen molar-refractivity contribution in [2.24, 2.45) is 0 Å². The Hall–Kier alpha value is -2.22. The highest BCUT2D eigenvalue weighted by atomic mass is 32.1. The number of non-ortho nitro benzene ring substituents is 1. The molecule has 0 fully saturated rings. The van der Waals surface area contributed by atoms with Gasteiger partial charge in [0.1, 0.15) is 0 Å². The molecule has 0 aromatic heterocycles. The van der Waals surface area contributed by atoms with E-state index in [0.717, 1.165) is 12.8 Å². The van der Waals surface area contributed by atoms with Crippen LogP contribution in [0.3, 0.4) is 0 Å². The molecule has 0 aliphatic rings. The molecule has 0 aliphatic heterocycles. The minimum absolute atomic E-state index is 0.0200. The number of nitro groups is 1. The second-order valence-electron chi connectivity index (χ2n) is 3.87. The molecule has 108 valence electrons. The zero-order valence-corrected chi connectivity index (χ0v) is 11.7. The van der Waals surface area contributed by atoms with Crippen LogP contribution in [0, 0.1) is 10.1 Å². The zero-order valence-electron chi connectivity index (χ0n) is 10.9. The molecule has 0 heterocycles. The molecule has 7 nitrogen and oxygen atoms in total. The maximum atomic E-state index is 11.3. The van der Waals surface area contributed by atoms with Crippen molar-refractivity contribution in [1.82, 2.24) is 5.32 Å². The van der Waals surface area contributed by atoms with Crippen LogP contribution in [0.25, 0.3) is 0 Å². The summed E-state index contributed by atoms with van der Waals surface area (Å²) in [5, 5.41) is 15.6. The minimum atomic E-state index is -0.627. The van der Waals surface area contributed by atoms with Crippen molar-refractivity contribution in [2.45, 2.75) is 19.8 Å². The molecule has 0 atom stereocenters. The summed E-state index contributed by atoms with van der Waals surface area (Å²) in [7, 11) is 0. The van der Waals surface area contributed by atoms with Crippen LogP contribution in [-0.2, 0) is 4.74 Å². The standard InChI is InChI=1S/C12H15N3O4S/c1-2-3-8-19-12(16)14-11(20)13-9-4-6-10(7-5-9)15(17)18/h4-7H,2-3,8H2,1H3,(H2,13,14,16,20). The maximum absolute atomic E-state index is 11.3. The maximum Gasteiger partial charge on any atom is 0.413 e. The normalized spacial score (nSPS) is 9.65. The lowest BCUT2D eigenvalue weighted by molar-refractivity contribution is -0.384. The highest BCUT2D eigenvalue weighted by Gasteiger charge is 2.07. The van der Waals surface area contributed by atoms with E-state index in [1.807, 2.05) is 6.92 Å². The van der Waals surface area contributed by atoms with Gasteiger partial charge in [-0.1, -0.05) is 13.3 Å². The number of nitro benzene ring substituents is 1. The van der Waals surface area contributed by atoms with Gasteiger partial charge in [-0.3, -0.25) is 15.4 Å². The second-order valence-corrected chi connectivity index (χ2v) is 4.28. The van der Waals surface area contributed by atoms with Gasteiger partial charge in [-0.05, 0) is 30.8 Å². The van der Waals surface area contributed by atoms with Crippen LogP contribution in [0.4, 0.5) is 16.2 Å². The number of hydrogen-bond acceptors (Lipinski definition) is 5. The molecule has 8 heteroatoms. The molecule has 0 radical (unpaired) electrons. The van der Waals surface area contributed by atoms with E-state index in [1.54, 1.807) is 0 Å². The fourth-order valence-electron chi connectivity index (χ4n) is 1.27. The average molecular weight is 297 g/mol. The Bertz CT molecular complexity index is 490. The van der Waals surface area contributed by atoms with E-state index in [1.165, 1.54) is 24.3 Å². The number of anilines is 1. The molecule has 0 spiro atoms. The number of benzene rings is 1. The Balaban J connectivity index is 2.42. The number of ether oxygens (including phenoxy) is 1. The van der Waals surface area contributed by atoms with Gasteiger partial charge in [-0.2, -0.15) is 0 Å². The number of thiocarbonyl (C=S) groups is 1. The van der Waals surface area contributed by atoms with Crippen LogP contribution >= 0.6 is 12.2 Å². The summed E-state index contributed by atoms with van der Waals surface area (Å²) in [6.45, 7) is 2.32. The van der Waals surface area contributed by atoms with Crippen molar-refractivity contribution in [3.63, 3.8) is 0 Å². The molecule has 0 saturated carbocycles. The molecule has 0 bridgehead atoms. The van der Waals surface area contributed by atoms with Crippen LogP contribution in [0.2, 0.25) is 0 Å². The van der Waals surface area contributed by atoms with Crippen molar-refractivity contribution >= 4 is 34.8 Å². The summed E-state index contributed by atoms with van der Waals surface area (Å²) in [4.78, 5) is 21.3. The number of unbranched alkanes of at least 4 members (excludes halogenated alkanes) is 1. The van der Waals surface area contributed by atoms with Crippen LogP contribution in [-0.4, -0.2) is 22.7 Å². The highest BCUT2D eigenvalue weighted by molar-refractivity contribution is 7.80. The van der Waals surface area contributed by atoms with E-state index in [0.29, 0.717) is 12.3 Å². The first-order chi connectivity index (χ1) is 9.52. The van der Waals surface area contributed by atoms with Gasteiger partial charge in [0.2, 0.25) is 0 Å². The molecule has 2 N–H and O–H groups in total. The van der Waals surface area contributed by atoms with Gasteiger partial charge in [-0.15, -0.1) is 0 Å². The first kappa shape index (κ1) is 15.8. The molecule has 20 heavy (non-hydrogen) atoms. The van der Waals surface area contributed by atoms with E-state index in [2.05, 4.69) is 10.6 Å². The molecule has 0 saturated heterocycles. The first-order valence-corrected chi connectivity index (χ1v) is 6.43. The second kappa shape index (κ2) is 8.05. The Labute approximate surface area is 121 Å². The van der Waals surface area contributed by atoms with Crippen LogP contribution in [0.1, 0.15) is 19.8 Å². The summed E-state index contributed by atoms with van der Waals surface area (Å²) in [5.74, 6) is 0. The van der Waals surface area contributed by atoms with E-state index in [-0.39, 0.29) is 10.8 Å². The van der Waals surface area contributed by atoms with Crippen LogP contribution < -0.4 is 10.6 Å². The fraction of sp³-hybridized carbons (Fsp3) is 0.333. The third-order valence-corrected chi connectivity index (χ3v) is 2.49. The van der Waals surface area contributed by atoms with E-state index in [9.17, 15) is 14.9 Å². The summed E-state index contributed by atoms with van der Waals surface area (Å²) < 4.78 is 4.87. The molecule has 1 rings (SSSR count). The van der Waals surface area contributed by atoms with Crippen molar-refractivity contribution in [3.8, 4) is 0 Å². The van der Waals surface area contributed by atoms with E-state index in [4.69, 9.17) is 17.0 Å². The van der Waals surface area contributed by atoms with E-state index < -0.39 is 11.0 Å². The van der Waals surface area contributed by atoms with Crippen molar-refractivity contribution in [3.05, 3.63) is 34.4 Å². The lowest BCUT2D eigenvalue weighted by Gasteiger charge is -2.09. The number of alkyl carbamates (subject to hydrolysis) is 1. The van der Waals surface area contributed by atoms with Gasteiger partial charge in [0.05, 0.1) is 11.5 Å². The average Bonchev–Trinajstić information content (AvgIpc) is 2.39. The topological polar surface area (TPSA) is 93.5 Å². The Kier molecular flexibility index (Phi) is 6.38. The van der Waals surface area contributed by atoms with Gasteiger partial charge in [0.15, 0.2) is 5.11 Å². The molecule has 0 unspecified atom stereocenters. The highest BCUT2D eigenvalue weighted by Crippen LogP contribution is 2.15. The largest absolute Gasteiger partial charge is 0.449 e. The zero-order chi connectivity index (χ0) is 15.0. The van der Waals surface area contributed by atoms with Crippen LogP contribution in [0.15, 0.2) is 24.3 Å². The third-order valence-electron chi connectivity index (χ3n) is 2.28. The smallest absolute Gasteiger partial charge is 0.413 e. The molecular formula is C12H15N3O4S. The number of rotatable bonds is 5. The summed E-state index contributed by atoms with van der Waals surface area (Å²) in [6.07, 6.45) is 1.09. The number of hydrogen-bond donors (Lipinski definition) is 2. The molecular weight excluding hydrogens is 282 g/mol. The van der Waals surface area contributed by atoms with E-state index >= 15 is 0 Å². The van der Waals surface area contributed by atoms with Gasteiger partial charge >= 0.3 is 6.09 Å². The lowest BCUT2D eigenvalue weighted by atomic mass is 10.3.